The van der Waals surface area contributed by atoms with Gasteiger partial charge in [0.05, 0.1) is 26.2 Å². The molecule has 0 radical (unpaired) electrons. The topological polar surface area (TPSA) is 70.7 Å². The number of carbonyl (C=O) groups is 2. The van der Waals surface area contributed by atoms with E-state index in [0.717, 1.165) is 55.5 Å². The molecule has 1 saturated carbocycles. The predicted octanol–water partition coefficient (Wildman–Crippen LogP) is 2.65. The molecule has 6 nitrogen and oxygen atoms in total. The summed E-state index contributed by atoms with van der Waals surface area (Å²) in [6.07, 6.45) is 6.17. The summed E-state index contributed by atoms with van der Waals surface area (Å²) >= 11 is 0. The third-order valence-electron chi connectivity index (χ3n) is 6.76. The van der Waals surface area contributed by atoms with Crippen LogP contribution in [0.25, 0.3) is 10.8 Å². The standard InChI is InChI=1S/C25H33N3O3/c29-23(17-21-9-6-8-20-7-2-3-10-22(20)21)26-18-24(30)27-19-25(11-4-1-5-12-25)28-13-15-31-16-14-28/h2-3,6-10H,1,4-5,11-19H2,(H,26,29)(H,27,30). The van der Waals surface area contributed by atoms with Gasteiger partial charge in [0.25, 0.3) is 0 Å². The van der Waals surface area contributed by atoms with Gasteiger partial charge in [0, 0.05) is 25.2 Å². The molecule has 4 rings (SSSR count). The molecular formula is C25H33N3O3. The molecule has 0 spiro atoms. The van der Waals surface area contributed by atoms with Crippen molar-refractivity contribution in [3.8, 4) is 0 Å². The molecule has 2 aromatic carbocycles. The second-order valence-corrected chi connectivity index (χ2v) is 8.75. The van der Waals surface area contributed by atoms with Crippen LogP contribution in [0.4, 0.5) is 0 Å². The van der Waals surface area contributed by atoms with Crippen molar-refractivity contribution in [1.29, 1.82) is 0 Å². The Hall–Kier alpha value is -2.44. The smallest absolute Gasteiger partial charge is 0.239 e. The monoisotopic (exact) mass is 423 g/mol. The summed E-state index contributed by atoms with van der Waals surface area (Å²) in [6, 6.07) is 14.0. The molecule has 1 aliphatic heterocycles. The maximum absolute atomic E-state index is 12.5. The predicted molar refractivity (Wildman–Crippen MR) is 122 cm³/mol. The number of morpholine rings is 1. The van der Waals surface area contributed by atoms with Gasteiger partial charge in [0.2, 0.25) is 11.8 Å². The third-order valence-corrected chi connectivity index (χ3v) is 6.76. The highest BCUT2D eigenvalue weighted by Crippen LogP contribution is 2.33. The molecular weight excluding hydrogens is 390 g/mol. The highest BCUT2D eigenvalue weighted by molar-refractivity contribution is 5.91. The summed E-state index contributed by atoms with van der Waals surface area (Å²) < 4.78 is 5.53. The van der Waals surface area contributed by atoms with Gasteiger partial charge >= 0.3 is 0 Å². The summed E-state index contributed by atoms with van der Waals surface area (Å²) in [7, 11) is 0. The zero-order valence-electron chi connectivity index (χ0n) is 18.2. The zero-order chi connectivity index (χ0) is 21.5. The molecule has 1 heterocycles. The summed E-state index contributed by atoms with van der Waals surface area (Å²) in [5.41, 5.74) is 1.01. The van der Waals surface area contributed by atoms with Gasteiger partial charge in [-0.1, -0.05) is 61.7 Å². The minimum absolute atomic E-state index is 0.0167. The molecule has 0 bridgehead atoms. The summed E-state index contributed by atoms with van der Waals surface area (Å²) in [6.45, 7) is 4.04. The van der Waals surface area contributed by atoms with Gasteiger partial charge in [-0.3, -0.25) is 14.5 Å². The normalized spacial score (nSPS) is 19.1. The number of hydrogen-bond donors (Lipinski definition) is 2. The van der Waals surface area contributed by atoms with E-state index in [2.05, 4.69) is 15.5 Å². The average molecular weight is 424 g/mol. The van der Waals surface area contributed by atoms with E-state index < -0.39 is 0 Å². The maximum atomic E-state index is 12.5. The van der Waals surface area contributed by atoms with Crippen LogP contribution < -0.4 is 10.6 Å². The van der Waals surface area contributed by atoms with E-state index in [4.69, 9.17) is 4.74 Å². The van der Waals surface area contributed by atoms with Crippen LogP contribution in [0.5, 0.6) is 0 Å². The Balaban J connectivity index is 1.28. The number of ether oxygens (including phenoxy) is 1. The summed E-state index contributed by atoms with van der Waals surface area (Å²) in [4.78, 5) is 27.5. The Morgan fingerprint density at radius 2 is 1.65 bits per heavy atom. The van der Waals surface area contributed by atoms with Crippen molar-refractivity contribution in [1.82, 2.24) is 15.5 Å². The van der Waals surface area contributed by atoms with Crippen molar-refractivity contribution in [2.45, 2.75) is 44.1 Å². The lowest BCUT2D eigenvalue weighted by atomic mass is 9.79. The van der Waals surface area contributed by atoms with Crippen LogP contribution in [0.2, 0.25) is 0 Å². The van der Waals surface area contributed by atoms with Crippen LogP contribution in [-0.4, -0.2) is 61.6 Å². The lowest BCUT2D eigenvalue weighted by molar-refractivity contribution is -0.126. The molecule has 0 atom stereocenters. The van der Waals surface area contributed by atoms with Gasteiger partial charge in [0.1, 0.15) is 0 Å². The second kappa shape index (κ2) is 10.2. The van der Waals surface area contributed by atoms with Crippen LogP contribution >= 0.6 is 0 Å². The first-order valence-corrected chi connectivity index (χ1v) is 11.5. The quantitative estimate of drug-likeness (QED) is 0.718. The highest BCUT2D eigenvalue weighted by Gasteiger charge is 2.38. The van der Waals surface area contributed by atoms with Crippen molar-refractivity contribution in [2.24, 2.45) is 0 Å². The number of rotatable bonds is 7. The van der Waals surface area contributed by atoms with Crippen molar-refractivity contribution >= 4 is 22.6 Å². The van der Waals surface area contributed by atoms with Gasteiger partial charge in [-0.15, -0.1) is 0 Å². The van der Waals surface area contributed by atoms with Crippen molar-refractivity contribution < 1.29 is 14.3 Å². The molecule has 0 aromatic heterocycles. The van der Waals surface area contributed by atoms with Crippen molar-refractivity contribution in [2.75, 3.05) is 39.4 Å². The molecule has 2 N–H and O–H groups in total. The SMILES string of the molecule is O=C(CNC(=O)Cc1cccc2ccccc12)NCC1(N2CCOCC2)CCCCC1. The fourth-order valence-corrected chi connectivity index (χ4v) is 5.04. The van der Waals surface area contributed by atoms with Gasteiger partial charge < -0.3 is 15.4 Å². The van der Waals surface area contributed by atoms with Gasteiger partial charge in [-0.25, -0.2) is 0 Å². The van der Waals surface area contributed by atoms with Crippen LogP contribution in [0, 0.1) is 0 Å². The number of amides is 2. The van der Waals surface area contributed by atoms with Crippen LogP contribution in [0.3, 0.4) is 0 Å². The molecule has 0 unspecified atom stereocenters. The molecule has 6 heteroatoms. The third kappa shape index (κ3) is 5.43. The largest absolute Gasteiger partial charge is 0.379 e. The van der Waals surface area contributed by atoms with E-state index in [1.54, 1.807) is 0 Å². The molecule has 1 aliphatic carbocycles. The first kappa shape index (κ1) is 21.8. The van der Waals surface area contributed by atoms with Crippen LogP contribution in [-0.2, 0) is 20.7 Å². The molecule has 31 heavy (non-hydrogen) atoms. The Morgan fingerprint density at radius 1 is 0.903 bits per heavy atom. The Bertz CT molecular complexity index is 897. The number of nitrogens with zero attached hydrogens (tertiary/aromatic N) is 1. The van der Waals surface area contributed by atoms with E-state index in [0.29, 0.717) is 6.54 Å². The van der Waals surface area contributed by atoms with Crippen LogP contribution in [0.15, 0.2) is 42.5 Å². The maximum Gasteiger partial charge on any atom is 0.239 e. The van der Waals surface area contributed by atoms with Crippen molar-refractivity contribution in [3.05, 3.63) is 48.0 Å². The Kier molecular flexibility index (Phi) is 7.20. The first-order valence-electron chi connectivity index (χ1n) is 11.5. The number of carbonyl (C=O) groups excluding carboxylic acids is 2. The van der Waals surface area contributed by atoms with Gasteiger partial charge in [-0.2, -0.15) is 0 Å². The Labute approximate surface area is 184 Å². The van der Waals surface area contributed by atoms with E-state index in [-0.39, 0.29) is 30.3 Å². The minimum Gasteiger partial charge on any atom is -0.379 e. The van der Waals surface area contributed by atoms with E-state index in [1.165, 1.54) is 19.3 Å². The summed E-state index contributed by atoms with van der Waals surface area (Å²) in [5, 5.41) is 8.09. The zero-order valence-corrected chi connectivity index (χ0v) is 18.2. The Morgan fingerprint density at radius 3 is 2.45 bits per heavy atom. The molecule has 2 aliphatic rings. The second-order valence-electron chi connectivity index (χ2n) is 8.75. The van der Waals surface area contributed by atoms with Gasteiger partial charge in [0.15, 0.2) is 0 Å². The van der Waals surface area contributed by atoms with E-state index in [9.17, 15) is 9.59 Å². The minimum atomic E-state index is -0.132. The first-order chi connectivity index (χ1) is 15.2. The molecule has 2 fully saturated rings. The number of fused-ring (bicyclic) bond motifs is 1. The fraction of sp³-hybridized carbons (Fsp3) is 0.520. The molecule has 1 saturated heterocycles. The lowest BCUT2D eigenvalue weighted by Gasteiger charge is -2.48. The van der Waals surface area contributed by atoms with E-state index >= 15 is 0 Å². The molecule has 2 aromatic rings. The van der Waals surface area contributed by atoms with Crippen LogP contribution in [0.1, 0.15) is 37.7 Å². The average Bonchev–Trinajstić information content (AvgIpc) is 2.83. The highest BCUT2D eigenvalue weighted by atomic mass is 16.5. The summed E-state index contributed by atoms with van der Waals surface area (Å²) in [5.74, 6) is -0.253. The number of benzene rings is 2. The molecule has 166 valence electrons. The van der Waals surface area contributed by atoms with Crippen molar-refractivity contribution in [3.63, 3.8) is 0 Å². The molecule has 2 amide bonds. The van der Waals surface area contributed by atoms with E-state index in [1.807, 2.05) is 42.5 Å². The van der Waals surface area contributed by atoms with Gasteiger partial charge in [-0.05, 0) is 29.2 Å². The lowest BCUT2D eigenvalue weighted by Crippen LogP contribution is -2.60. The fourth-order valence-electron chi connectivity index (χ4n) is 5.04. The number of hydrogen-bond acceptors (Lipinski definition) is 4. The number of nitrogens with one attached hydrogen (secondary N) is 2.